The predicted molar refractivity (Wildman–Crippen MR) is 148 cm³/mol. The third-order valence-electron chi connectivity index (χ3n) is 5.74. The lowest BCUT2D eigenvalue weighted by Gasteiger charge is -2.26. The molecule has 0 bridgehead atoms. The number of nitrogens with one attached hydrogen (secondary N) is 1. The molecule has 0 radical (unpaired) electrons. The van der Waals surface area contributed by atoms with Crippen LogP contribution in [0.3, 0.4) is 0 Å². The number of benzene rings is 4. The van der Waals surface area contributed by atoms with Crippen LogP contribution in [-0.4, -0.2) is 20.9 Å². The Morgan fingerprint density at radius 2 is 1.59 bits per heavy atom. The van der Waals surface area contributed by atoms with Gasteiger partial charge in [-0.2, -0.15) is 0 Å². The van der Waals surface area contributed by atoms with Crippen molar-refractivity contribution in [2.75, 3.05) is 16.2 Å². The van der Waals surface area contributed by atoms with E-state index < -0.39 is 10.0 Å². The van der Waals surface area contributed by atoms with Gasteiger partial charge >= 0.3 is 0 Å². The summed E-state index contributed by atoms with van der Waals surface area (Å²) in [6.45, 7) is 4.39. The Hall–Kier alpha value is -3.81. The Kier molecular flexibility index (Phi) is 8.16. The lowest BCUT2D eigenvalue weighted by atomic mass is 10.1. The van der Waals surface area contributed by atoms with Crippen LogP contribution in [0.2, 0.25) is 5.02 Å². The van der Waals surface area contributed by atoms with Crippen molar-refractivity contribution in [2.24, 2.45) is 0 Å². The molecule has 4 aromatic rings. The van der Waals surface area contributed by atoms with Crippen LogP contribution in [0.4, 0.5) is 11.4 Å². The number of halogens is 1. The van der Waals surface area contributed by atoms with Crippen LogP contribution in [0.25, 0.3) is 0 Å². The highest BCUT2D eigenvalue weighted by atomic mass is 35.5. The molecule has 8 heteroatoms. The normalized spacial score (nSPS) is 11.1. The Balaban J connectivity index is 1.58. The van der Waals surface area contributed by atoms with Gasteiger partial charge in [0.25, 0.3) is 15.9 Å². The van der Waals surface area contributed by atoms with Gasteiger partial charge in [0, 0.05) is 16.3 Å². The number of hydrogen-bond acceptors (Lipinski definition) is 4. The van der Waals surface area contributed by atoms with E-state index in [9.17, 15) is 13.2 Å². The molecule has 0 saturated heterocycles. The van der Waals surface area contributed by atoms with Crippen molar-refractivity contribution < 1.29 is 17.9 Å². The van der Waals surface area contributed by atoms with Crippen molar-refractivity contribution in [3.05, 3.63) is 119 Å². The Labute approximate surface area is 222 Å². The minimum atomic E-state index is -3.88. The molecule has 0 aliphatic heterocycles. The van der Waals surface area contributed by atoms with E-state index in [0.717, 1.165) is 16.9 Å². The maximum Gasteiger partial charge on any atom is 0.264 e. The van der Waals surface area contributed by atoms with E-state index in [-0.39, 0.29) is 17.3 Å². The van der Waals surface area contributed by atoms with Crippen LogP contribution in [0.1, 0.15) is 28.4 Å². The molecule has 0 aliphatic rings. The van der Waals surface area contributed by atoms with Crippen molar-refractivity contribution in [1.82, 2.24) is 0 Å². The van der Waals surface area contributed by atoms with E-state index in [1.54, 1.807) is 97.1 Å². The lowest BCUT2D eigenvalue weighted by Crippen LogP contribution is -2.31. The summed E-state index contributed by atoms with van der Waals surface area (Å²) in [4.78, 5) is 12.9. The highest BCUT2D eigenvalue weighted by Gasteiger charge is 2.26. The van der Waals surface area contributed by atoms with Crippen LogP contribution in [0, 0.1) is 6.92 Å². The van der Waals surface area contributed by atoms with E-state index in [4.69, 9.17) is 16.3 Å². The summed E-state index contributed by atoms with van der Waals surface area (Å²) >= 11 is 6.23. The summed E-state index contributed by atoms with van der Waals surface area (Å²) in [7, 11) is -3.88. The average molecular weight is 535 g/mol. The van der Waals surface area contributed by atoms with Crippen LogP contribution < -0.4 is 14.4 Å². The van der Waals surface area contributed by atoms with Crippen LogP contribution in [0.15, 0.2) is 102 Å². The van der Waals surface area contributed by atoms with Crippen molar-refractivity contribution in [3.8, 4) is 5.75 Å². The summed E-state index contributed by atoms with van der Waals surface area (Å²) in [5.41, 5.74) is 3.09. The van der Waals surface area contributed by atoms with Crippen molar-refractivity contribution in [1.29, 1.82) is 0 Å². The van der Waals surface area contributed by atoms with Gasteiger partial charge in [-0.15, -0.1) is 0 Å². The average Bonchev–Trinajstić information content (AvgIpc) is 2.91. The molecule has 4 rings (SSSR count). The van der Waals surface area contributed by atoms with Crippen LogP contribution >= 0.6 is 11.6 Å². The minimum absolute atomic E-state index is 0.0687. The van der Waals surface area contributed by atoms with Gasteiger partial charge in [-0.1, -0.05) is 48.0 Å². The van der Waals surface area contributed by atoms with E-state index in [1.807, 2.05) is 13.8 Å². The van der Waals surface area contributed by atoms with Gasteiger partial charge in [0.1, 0.15) is 5.75 Å². The first-order valence-corrected chi connectivity index (χ1v) is 13.6. The number of carbonyl (C=O) groups excluding carboxylic acids is 1. The number of amides is 1. The first-order chi connectivity index (χ1) is 17.8. The van der Waals surface area contributed by atoms with E-state index in [1.165, 1.54) is 4.31 Å². The molecule has 0 fully saturated rings. The van der Waals surface area contributed by atoms with E-state index >= 15 is 0 Å². The van der Waals surface area contributed by atoms with Crippen molar-refractivity contribution >= 4 is 38.9 Å². The third-order valence-corrected chi connectivity index (χ3v) is 7.75. The molecule has 190 valence electrons. The molecule has 0 aliphatic carbocycles. The van der Waals surface area contributed by atoms with Crippen LogP contribution in [-0.2, 0) is 16.6 Å². The standard InChI is InChI=1S/C29H27ClN2O4S/c1-3-36-26-17-15-25(16-18-26)31-29(33)23-12-10-22(11-13-23)20-32(28-19-24(30)14-9-21(28)2)37(34,35)27-7-5-4-6-8-27/h4-19H,3,20H2,1-2H3,(H,31,33). The molecule has 0 atom stereocenters. The number of nitrogens with zero attached hydrogens (tertiary/aromatic N) is 1. The summed E-state index contributed by atoms with van der Waals surface area (Å²) in [5.74, 6) is 0.463. The second-order valence-electron chi connectivity index (χ2n) is 8.36. The zero-order valence-corrected chi connectivity index (χ0v) is 22.1. The second-order valence-corrected chi connectivity index (χ2v) is 10.7. The number of carbonyl (C=O) groups is 1. The fourth-order valence-electron chi connectivity index (χ4n) is 3.80. The van der Waals surface area contributed by atoms with Gasteiger partial charge in [-0.05, 0) is 85.6 Å². The van der Waals surface area contributed by atoms with E-state index in [2.05, 4.69) is 5.32 Å². The Morgan fingerprint density at radius 1 is 0.919 bits per heavy atom. The van der Waals surface area contributed by atoms with Crippen molar-refractivity contribution in [3.63, 3.8) is 0 Å². The quantitative estimate of drug-likeness (QED) is 0.259. The number of anilines is 2. The highest BCUT2D eigenvalue weighted by Crippen LogP contribution is 2.31. The zero-order valence-electron chi connectivity index (χ0n) is 20.5. The van der Waals surface area contributed by atoms with Crippen molar-refractivity contribution in [2.45, 2.75) is 25.3 Å². The molecule has 0 spiro atoms. The fraction of sp³-hybridized carbons (Fsp3) is 0.138. The summed E-state index contributed by atoms with van der Waals surface area (Å²) < 4.78 is 34.1. The number of aryl methyl sites for hydroxylation is 1. The maximum atomic E-state index is 13.7. The lowest BCUT2D eigenvalue weighted by molar-refractivity contribution is 0.102. The molecule has 0 aromatic heterocycles. The van der Waals surface area contributed by atoms with Gasteiger partial charge in [-0.25, -0.2) is 8.42 Å². The third kappa shape index (κ3) is 6.31. The number of rotatable bonds is 9. The molecule has 1 N–H and O–H groups in total. The van der Waals surface area contributed by atoms with Gasteiger partial charge in [0.15, 0.2) is 0 Å². The minimum Gasteiger partial charge on any atom is -0.494 e. The van der Waals surface area contributed by atoms with Crippen LogP contribution in [0.5, 0.6) is 5.75 Å². The molecule has 0 saturated carbocycles. The molecule has 37 heavy (non-hydrogen) atoms. The largest absolute Gasteiger partial charge is 0.494 e. The van der Waals surface area contributed by atoms with Gasteiger partial charge in [0.05, 0.1) is 23.7 Å². The molecule has 0 heterocycles. The molecule has 4 aromatic carbocycles. The first kappa shape index (κ1) is 26.3. The monoisotopic (exact) mass is 534 g/mol. The SMILES string of the molecule is CCOc1ccc(NC(=O)c2ccc(CN(c3cc(Cl)ccc3C)S(=O)(=O)c3ccccc3)cc2)cc1. The number of ether oxygens (including phenoxy) is 1. The zero-order chi connectivity index (χ0) is 26.4. The highest BCUT2D eigenvalue weighted by molar-refractivity contribution is 7.92. The molecule has 0 unspecified atom stereocenters. The number of hydrogen-bond donors (Lipinski definition) is 1. The Bertz CT molecular complexity index is 1470. The van der Waals surface area contributed by atoms with Gasteiger partial charge in [-0.3, -0.25) is 9.10 Å². The molecular weight excluding hydrogens is 508 g/mol. The Morgan fingerprint density at radius 3 is 2.24 bits per heavy atom. The second kappa shape index (κ2) is 11.5. The topological polar surface area (TPSA) is 75.7 Å². The molecular formula is C29H27ClN2O4S. The summed E-state index contributed by atoms with van der Waals surface area (Å²) in [5, 5.41) is 3.30. The first-order valence-electron chi connectivity index (χ1n) is 11.7. The maximum absolute atomic E-state index is 13.7. The fourth-order valence-corrected chi connectivity index (χ4v) is 5.50. The summed E-state index contributed by atoms with van der Waals surface area (Å²) in [6, 6.07) is 27.4. The molecule has 1 amide bonds. The number of sulfonamides is 1. The molecule has 6 nitrogen and oxygen atoms in total. The van der Waals surface area contributed by atoms with E-state index in [0.29, 0.717) is 28.6 Å². The smallest absolute Gasteiger partial charge is 0.264 e. The predicted octanol–water partition coefficient (Wildman–Crippen LogP) is 6.69. The van der Waals surface area contributed by atoms with Gasteiger partial charge in [0.2, 0.25) is 0 Å². The van der Waals surface area contributed by atoms with Gasteiger partial charge < -0.3 is 10.1 Å². The summed E-state index contributed by atoms with van der Waals surface area (Å²) in [6.07, 6.45) is 0.